The molecule has 1 N–H and O–H groups in total. The van der Waals surface area contributed by atoms with Crippen LogP contribution in [0.3, 0.4) is 0 Å². The van der Waals surface area contributed by atoms with E-state index in [4.69, 9.17) is 4.98 Å². The highest BCUT2D eigenvalue weighted by molar-refractivity contribution is 7.98. The molecule has 1 aliphatic rings. The Morgan fingerprint density at radius 2 is 2.16 bits per heavy atom. The van der Waals surface area contributed by atoms with Gasteiger partial charge in [0, 0.05) is 34.0 Å². The standard InChI is InChI=1S/C24H23N5OS2/c1-3-19-26-23-21(16-9-8-13(2)10-18(16)32-23)22-27-28-24(29(19)22)31-12-14-11-20(30)25-17-7-5-4-6-15(14)17/h4-7,11,13H,3,8-10,12H2,1-2H3,(H,25,30)/t13-/m1/s1. The van der Waals surface area contributed by atoms with Crippen LogP contribution in [0.5, 0.6) is 0 Å². The first-order valence-electron chi connectivity index (χ1n) is 11.0. The SMILES string of the molecule is CCc1nc2sc3c(c2c2nnc(SCc4cc(=O)[nH]c5ccccc45)n12)CC[C@@H](C)C3. The summed E-state index contributed by atoms with van der Waals surface area (Å²) in [6, 6.07) is 9.61. The number of aryl methyl sites for hydroxylation is 2. The Morgan fingerprint density at radius 3 is 3.03 bits per heavy atom. The van der Waals surface area contributed by atoms with Crippen LogP contribution in [0.4, 0.5) is 0 Å². The molecule has 32 heavy (non-hydrogen) atoms. The number of thioether (sulfide) groups is 1. The molecule has 0 saturated carbocycles. The fourth-order valence-corrected chi connectivity index (χ4v) is 7.09. The Morgan fingerprint density at radius 1 is 1.28 bits per heavy atom. The first kappa shape index (κ1) is 19.9. The molecule has 162 valence electrons. The minimum absolute atomic E-state index is 0.0813. The molecule has 4 heterocycles. The largest absolute Gasteiger partial charge is 0.322 e. The average Bonchev–Trinajstić information content (AvgIpc) is 3.37. The maximum absolute atomic E-state index is 12.1. The van der Waals surface area contributed by atoms with E-state index in [-0.39, 0.29) is 5.56 Å². The Kier molecular flexibility index (Phi) is 4.80. The molecule has 6 rings (SSSR count). The molecule has 4 aromatic heterocycles. The van der Waals surface area contributed by atoms with Gasteiger partial charge in [-0.05, 0) is 42.4 Å². The molecule has 0 unspecified atom stereocenters. The number of thiophene rings is 1. The Hall–Kier alpha value is -2.71. The summed E-state index contributed by atoms with van der Waals surface area (Å²) in [7, 11) is 0. The van der Waals surface area contributed by atoms with Gasteiger partial charge in [0.15, 0.2) is 10.8 Å². The molecular formula is C24H23N5OS2. The quantitative estimate of drug-likeness (QED) is 0.374. The number of rotatable bonds is 4. The number of para-hydroxylation sites is 1. The second-order valence-electron chi connectivity index (χ2n) is 8.55. The summed E-state index contributed by atoms with van der Waals surface area (Å²) >= 11 is 3.44. The molecule has 0 amide bonds. The van der Waals surface area contributed by atoms with Gasteiger partial charge in [-0.15, -0.1) is 21.5 Å². The van der Waals surface area contributed by atoms with Gasteiger partial charge in [0.2, 0.25) is 5.56 Å². The van der Waals surface area contributed by atoms with Crippen LogP contribution in [-0.2, 0) is 25.0 Å². The van der Waals surface area contributed by atoms with E-state index in [0.717, 1.165) is 63.1 Å². The van der Waals surface area contributed by atoms with E-state index in [0.29, 0.717) is 5.75 Å². The van der Waals surface area contributed by atoms with E-state index >= 15 is 0 Å². The highest BCUT2D eigenvalue weighted by Gasteiger charge is 2.25. The van der Waals surface area contributed by atoms with E-state index < -0.39 is 0 Å². The third-order valence-electron chi connectivity index (χ3n) is 6.35. The molecule has 1 aromatic carbocycles. The predicted octanol–water partition coefficient (Wildman–Crippen LogP) is 5.16. The molecule has 0 spiro atoms. The molecule has 0 fully saturated rings. The van der Waals surface area contributed by atoms with Crippen molar-refractivity contribution >= 4 is 49.9 Å². The summed E-state index contributed by atoms with van der Waals surface area (Å²) in [5.41, 5.74) is 4.13. The van der Waals surface area contributed by atoms with Gasteiger partial charge in [-0.3, -0.25) is 9.20 Å². The zero-order valence-electron chi connectivity index (χ0n) is 18.0. The Balaban J connectivity index is 1.45. The summed E-state index contributed by atoms with van der Waals surface area (Å²) in [6.45, 7) is 4.46. The number of pyridine rings is 1. The molecule has 6 nitrogen and oxygen atoms in total. The minimum atomic E-state index is -0.0813. The number of nitrogens with zero attached hydrogens (tertiary/aromatic N) is 4. The second-order valence-corrected chi connectivity index (χ2v) is 10.6. The molecule has 8 heteroatoms. The number of fused-ring (bicyclic) bond motifs is 6. The minimum Gasteiger partial charge on any atom is -0.322 e. The lowest BCUT2D eigenvalue weighted by Crippen LogP contribution is -2.09. The fraction of sp³-hybridized carbons (Fsp3) is 0.333. The van der Waals surface area contributed by atoms with Crippen LogP contribution >= 0.6 is 23.1 Å². The van der Waals surface area contributed by atoms with Crippen molar-refractivity contribution in [2.45, 2.75) is 50.4 Å². The lowest BCUT2D eigenvalue weighted by Gasteiger charge is -2.17. The van der Waals surface area contributed by atoms with E-state index in [1.807, 2.05) is 35.6 Å². The molecular weight excluding hydrogens is 438 g/mol. The normalized spacial score (nSPS) is 16.2. The summed E-state index contributed by atoms with van der Waals surface area (Å²) in [5, 5.41) is 12.3. The van der Waals surface area contributed by atoms with Gasteiger partial charge in [0.1, 0.15) is 10.7 Å². The Bertz CT molecular complexity index is 1550. The summed E-state index contributed by atoms with van der Waals surface area (Å²) < 4.78 is 2.13. The zero-order chi connectivity index (χ0) is 21.8. The molecule has 1 atom stereocenters. The molecule has 0 aliphatic heterocycles. The third-order valence-corrected chi connectivity index (χ3v) is 8.47. The summed E-state index contributed by atoms with van der Waals surface area (Å²) in [6.07, 6.45) is 4.25. The first-order valence-corrected chi connectivity index (χ1v) is 12.8. The smallest absolute Gasteiger partial charge is 0.248 e. The second kappa shape index (κ2) is 7.71. The molecule has 0 saturated heterocycles. The van der Waals surface area contributed by atoms with Crippen molar-refractivity contribution in [1.29, 1.82) is 0 Å². The van der Waals surface area contributed by atoms with Gasteiger partial charge in [-0.2, -0.15) is 0 Å². The highest BCUT2D eigenvalue weighted by Crippen LogP contribution is 2.40. The van der Waals surface area contributed by atoms with Gasteiger partial charge in [-0.25, -0.2) is 4.98 Å². The maximum atomic E-state index is 12.1. The number of hydrogen-bond donors (Lipinski definition) is 1. The first-order chi connectivity index (χ1) is 15.6. The predicted molar refractivity (Wildman–Crippen MR) is 131 cm³/mol. The fourth-order valence-electron chi connectivity index (χ4n) is 4.75. The van der Waals surface area contributed by atoms with E-state index in [1.54, 1.807) is 17.8 Å². The van der Waals surface area contributed by atoms with Crippen molar-refractivity contribution in [2.75, 3.05) is 0 Å². The molecule has 0 bridgehead atoms. The van der Waals surface area contributed by atoms with Gasteiger partial charge in [0.05, 0.1) is 5.39 Å². The van der Waals surface area contributed by atoms with Crippen LogP contribution in [0.15, 0.2) is 40.3 Å². The van der Waals surface area contributed by atoms with Crippen LogP contribution in [0, 0.1) is 5.92 Å². The van der Waals surface area contributed by atoms with Crippen molar-refractivity contribution in [3.8, 4) is 0 Å². The highest BCUT2D eigenvalue weighted by atomic mass is 32.2. The van der Waals surface area contributed by atoms with Crippen molar-refractivity contribution in [1.82, 2.24) is 24.6 Å². The lowest BCUT2D eigenvalue weighted by molar-refractivity contribution is 0.509. The average molecular weight is 462 g/mol. The zero-order valence-corrected chi connectivity index (χ0v) is 19.6. The van der Waals surface area contributed by atoms with Crippen molar-refractivity contribution < 1.29 is 0 Å². The van der Waals surface area contributed by atoms with Crippen LogP contribution in [0.2, 0.25) is 0 Å². The topological polar surface area (TPSA) is 75.9 Å². The number of nitrogens with one attached hydrogen (secondary N) is 1. The van der Waals surface area contributed by atoms with Crippen molar-refractivity contribution in [2.24, 2.45) is 5.92 Å². The summed E-state index contributed by atoms with van der Waals surface area (Å²) in [5.74, 6) is 2.36. The Labute approximate surface area is 193 Å². The van der Waals surface area contributed by atoms with E-state index in [2.05, 4.69) is 33.4 Å². The number of benzene rings is 1. The van der Waals surface area contributed by atoms with E-state index in [1.165, 1.54) is 22.2 Å². The molecule has 1 aliphatic carbocycles. The van der Waals surface area contributed by atoms with Crippen LogP contribution in [0.1, 0.15) is 42.1 Å². The number of H-pyrrole nitrogens is 1. The molecule has 5 aromatic rings. The van der Waals surface area contributed by atoms with Crippen molar-refractivity contribution in [3.05, 3.63) is 62.5 Å². The summed E-state index contributed by atoms with van der Waals surface area (Å²) in [4.78, 5) is 22.7. The van der Waals surface area contributed by atoms with Crippen molar-refractivity contribution in [3.63, 3.8) is 0 Å². The van der Waals surface area contributed by atoms with Gasteiger partial charge < -0.3 is 4.98 Å². The maximum Gasteiger partial charge on any atom is 0.248 e. The van der Waals surface area contributed by atoms with Crippen LogP contribution < -0.4 is 5.56 Å². The monoisotopic (exact) mass is 461 g/mol. The van der Waals surface area contributed by atoms with E-state index in [9.17, 15) is 4.79 Å². The van der Waals surface area contributed by atoms with Gasteiger partial charge in [-0.1, -0.05) is 43.8 Å². The van der Waals surface area contributed by atoms with Crippen LogP contribution in [0.25, 0.3) is 26.8 Å². The lowest BCUT2D eigenvalue weighted by atomic mass is 9.89. The number of aromatic amines is 1. The molecule has 0 radical (unpaired) electrons. The third kappa shape index (κ3) is 3.16. The van der Waals surface area contributed by atoms with Gasteiger partial charge >= 0.3 is 0 Å². The van der Waals surface area contributed by atoms with Crippen LogP contribution in [-0.4, -0.2) is 24.6 Å². The number of aromatic nitrogens is 5. The number of hydrogen-bond acceptors (Lipinski definition) is 6. The van der Waals surface area contributed by atoms with Gasteiger partial charge in [0.25, 0.3) is 0 Å².